The Kier molecular flexibility index (Phi) is 3.72. The molecule has 0 aromatic heterocycles. The molecular weight excluding hydrogens is 216 g/mol. The van der Waals surface area contributed by atoms with Crippen molar-refractivity contribution in [3.63, 3.8) is 0 Å². The molecular formula is C9H13BrN2. The minimum absolute atomic E-state index is 0.262. The molecule has 0 saturated heterocycles. The zero-order valence-corrected chi connectivity index (χ0v) is 8.64. The first-order chi connectivity index (χ1) is 5.77. The zero-order valence-electron chi connectivity index (χ0n) is 7.05. The molecule has 0 fully saturated rings. The van der Waals surface area contributed by atoms with Crippen molar-refractivity contribution in [3.05, 3.63) is 34.3 Å². The zero-order chi connectivity index (χ0) is 8.97. The van der Waals surface area contributed by atoms with E-state index in [1.165, 1.54) is 5.56 Å². The molecule has 66 valence electrons. The molecule has 3 heteroatoms. The maximum absolute atomic E-state index is 5.39. The monoisotopic (exact) mass is 228 g/mol. The van der Waals surface area contributed by atoms with Crippen molar-refractivity contribution in [2.45, 2.75) is 19.4 Å². The van der Waals surface area contributed by atoms with E-state index in [1.54, 1.807) is 0 Å². The van der Waals surface area contributed by atoms with Crippen molar-refractivity contribution in [1.29, 1.82) is 0 Å². The summed E-state index contributed by atoms with van der Waals surface area (Å²) in [5, 5.41) is 0. The van der Waals surface area contributed by atoms with E-state index >= 15 is 0 Å². The molecule has 0 bridgehead atoms. The molecule has 0 unspecified atom stereocenters. The van der Waals surface area contributed by atoms with Crippen LogP contribution in [-0.4, -0.2) is 0 Å². The second kappa shape index (κ2) is 4.60. The molecule has 0 spiro atoms. The van der Waals surface area contributed by atoms with Crippen molar-refractivity contribution in [3.8, 4) is 0 Å². The first kappa shape index (κ1) is 9.71. The van der Waals surface area contributed by atoms with Crippen LogP contribution in [0.5, 0.6) is 0 Å². The summed E-state index contributed by atoms with van der Waals surface area (Å²) in [6.07, 6.45) is 0.998. The molecule has 1 aromatic carbocycles. The van der Waals surface area contributed by atoms with Crippen molar-refractivity contribution < 1.29 is 0 Å². The molecule has 0 amide bonds. The third-order valence-corrected chi connectivity index (χ3v) is 2.41. The number of nitrogens with two attached hydrogens (primary N) is 1. The van der Waals surface area contributed by atoms with E-state index in [0.29, 0.717) is 0 Å². The smallest absolute Gasteiger partial charge is 0.0457 e. The summed E-state index contributed by atoms with van der Waals surface area (Å²) in [5.41, 5.74) is 4.00. The van der Waals surface area contributed by atoms with Gasteiger partial charge in [-0.05, 0) is 24.1 Å². The maximum atomic E-state index is 5.39. The van der Waals surface area contributed by atoms with Crippen molar-refractivity contribution in [2.24, 2.45) is 5.84 Å². The van der Waals surface area contributed by atoms with Gasteiger partial charge < -0.3 is 0 Å². The van der Waals surface area contributed by atoms with Crippen LogP contribution in [-0.2, 0) is 0 Å². The van der Waals surface area contributed by atoms with Gasteiger partial charge in [0.05, 0.1) is 0 Å². The van der Waals surface area contributed by atoms with Gasteiger partial charge in [0.2, 0.25) is 0 Å². The highest BCUT2D eigenvalue weighted by molar-refractivity contribution is 9.10. The number of hydrogen-bond acceptors (Lipinski definition) is 2. The first-order valence-electron chi connectivity index (χ1n) is 3.99. The van der Waals surface area contributed by atoms with Gasteiger partial charge >= 0.3 is 0 Å². The van der Waals surface area contributed by atoms with Crippen molar-refractivity contribution in [2.75, 3.05) is 0 Å². The second-order valence-corrected chi connectivity index (χ2v) is 3.59. The van der Waals surface area contributed by atoms with E-state index in [-0.39, 0.29) is 6.04 Å². The van der Waals surface area contributed by atoms with Gasteiger partial charge in [-0.25, -0.2) is 0 Å². The Morgan fingerprint density at radius 2 is 2.00 bits per heavy atom. The number of benzene rings is 1. The van der Waals surface area contributed by atoms with E-state index in [2.05, 4.69) is 40.4 Å². The van der Waals surface area contributed by atoms with Crippen LogP contribution in [0.4, 0.5) is 0 Å². The largest absolute Gasteiger partial charge is 0.271 e. The van der Waals surface area contributed by atoms with Gasteiger partial charge in [0.15, 0.2) is 0 Å². The molecule has 1 atom stereocenters. The summed E-state index contributed by atoms with van der Waals surface area (Å²) < 4.78 is 1.10. The van der Waals surface area contributed by atoms with Crippen LogP contribution in [0.25, 0.3) is 0 Å². The minimum Gasteiger partial charge on any atom is -0.271 e. The van der Waals surface area contributed by atoms with E-state index in [4.69, 9.17) is 5.84 Å². The molecule has 12 heavy (non-hydrogen) atoms. The fourth-order valence-electron chi connectivity index (χ4n) is 1.14. The fourth-order valence-corrected chi connectivity index (χ4v) is 1.41. The van der Waals surface area contributed by atoms with Crippen LogP contribution in [0.2, 0.25) is 0 Å². The van der Waals surface area contributed by atoms with Gasteiger partial charge in [-0.1, -0.05) is 35.0 Å². The third-order valence-electron chi connectivity index (χ3n) is 1.88. The Morgan fingerprint density at radius 3 is 2.42 bits per heavy atom. The van der Waals surface area contributed by atoms with Gasteiger partial charge in [-0.15, -0.1) is 0 Å². The molecule has 2 nitrogen and oxygen atoms in total. The quantitative estimate of drug-likeness (QED) is 0.616. The molecule has 0 heterocycles. The highest BCUT2D eigenvalue weighted by atomic mass is 79.9. The van der Waals surface area contributed by atoms with Crippen LogP contribution in [0, 0.1) is 0 Å². The highest BCUT2D eigenvalue weighted by Crippen LogP contribution is 2.18. The summed E-state index contributed by atoms with van der Waals surface area (Å²) in [6.45, 7) is 2.10. The Bertz CT molecular complexity index is 229. The Balaban J connectivity index is 2.80. The molecule has 0 aliphatic carbocycles. The SMILES string of the molecule is CC[C@@H](NN)c1ccc(Br)cc1. The predicted octanol–water partition coefficient (Wildman–Crippen LogP) is 2.36. The van der Waals surface area contributed by atoms with E-state index in [1.807, 2.05) is 12.1 Å². The highest BCUT2D eigenvalue weighted by Gasteiger charge is 2.04. The van der Waals surface area contributed by atoms with Crippen LogP contribution in [0.1, 0.15) is 24.9 Å². The normalized spacial score (nSPS) is 12.9. The van der Waals surface area contributed by atoms with Gasteiger partial charge in [-0.3, -0.25) is 11.3 Å². The van der Waals surface area contributed by atoms with Crippen LogP contribution in [0.15, 0.2) is 28.7 Å². The lowest BCUT2D eigenvalue weighted by atomic mass is 10.1. The fraction of sp³-hybridized carbons (Fsp3) is 0.333. The van der Waals surface area contributed by atoms with Gasteiger partial charge in [0, 0.05) is 10.5 Å². The Hall–Kier alpha value is -0.380. The summed E-state index contributed by atoms with van der Waals surface area (Å²) in [5.74, 6) is 5.39. The maximum Gasteiger partial charge on any atom is 0.0457 e. The predicted molar refractivity (Wildman–Crippen MR) is 54.5 cm³/mol. The first-order valence-corrected chi connectivity index (χ1v) is 4.78. The molecule has 1 aromatic rings. The number of hydrazine groups is 1. The molecule has 0 aliphatic heterocycles. The summed E-state index contributed by atoms with van der Waals surface area (Å²) in [7, 11) is 0. The molecule has 0 radical (unpaired) electrons. The van der Waals surface area contributed by atoms with Crippen LogP contribution < -0.4 is 11.3 Å². The van der Waals surface area contributed by atoms with E-state index < -0.39 is 0 Å². The number of rotatable bonds is 3. The Labute approximate surface area is 81.3 Å². The molecule has 0 aliphatic rings. The number of nitrogens with one attached hydrogen (secondary N) is 1. The van der Waals surface area contributed by atoms with Gasteiger partial charge in [0.1, 0.15) is 0 Å². The topological polar surface area (TPSA) is 38.0 Å². The van der Waals surface area contributed by atoms with Crippen LogP contribution >= 0.6 is 15.9 Å². The average Bonchev–Trinajstić information content (AvgIpc) is 2.10. The van der Waals surface area contributed by atoms with Crippen LogP contribution in [0.3, 0.4) is 0 Å². The summed E-state index contributed by atoms with van der Waals surface area (Å²) in [4.78, 5) is 0. The van der Waals surface area contributed by atoms with E-state index in [9.17, 15) is 0 Å². The summed E-state index contributed by atoms with van der Waals surface area (Å²) >= 11 is 3.39. The van der Waals surface area contributed by atoms with Crippen molar-refractivity contribution >= 4 is 15.9 Å². The third kappa shape index (κ3) is 2.30. The Morgan fingerprint density at radius 1 is 1.42 bits per heavy atom. The van der Waals surface area contributed by atoms with Gasteiger partial charge in [0.25, 0.3) is 0 Å². The second-order valence-electron chi connectivity index (χ2n) is 2.68. The molecule has 3 N–H and O–H groups in total. The lowest BCUT2D eigenvalue weighted by molar-refractivity contribution is 0.539. The van der Waals surface area contributed by atoms with Gasteiger partial charge in [-0.2, -0.15) is 0 Å². The molecule has 1 rings (SSSR count). The molecule has 0 saturated carbocycles. The lowest BCUT2D eigenvalue weighted by Crippen LogP contribution is -2.27. The number of hydrogen-bond donors (Lipinski definition) is 2. The standard InChI is InChI=1S/C9H13BrN2/c1-2-9(12-11)7-3-5-8(10)6-4-7/h3-6,9,12H,2,11H2,1H3/t9-/m1/s1. The average molecular weight is 229 g/mol. The number of halogens is 1. The minimum atomic E-state index is 0.262. The summed E-state index contributed by atoms with van der Waals surface area (Å²) in [6, 6.07) is 8.44. The lowest BCUT2D eigenvalue weighted by Gasteiger charge is -2.13. The van der Waals surface area contributed by atoms with Crippen molar-refractivity contribution in [1.82, 2.24) is 5.43 Å². The van der Waals surface area contributed by atoms with E-state index in [0.717, 1.165) is 10.9 Å².